The third-order valence-electron chi connectivity index (χ3n) is 4.26. The Balaban J connectivity index is 1.78. The van der Waals surface area contributed by atoms with Crippen LogP contribution in [0.5, 0.6) is 0 Å². The standard InChI is InChI=1S/C17H26N6/c1-13-4-6-14(7-5-13)20-15-12-17(2,18-3)22-16(21-15)23-10-8-19-9-11-23/h4-7,12,18-20H,8-11H2,1-3H3,(H,21,22). The molecule has 6 nitrogen and oxygen atoms in total. The van der Waals surface area contributed by atoms with Gasteiger partial charge in [-0.25, -0.2) is 4.99 Å². The quantitative estimate of drug-likeness (QED) is 0.672. The number of likely N-dealkylation sites (N-methyl/N-ethyl adjacent to an activating group) is 1. The maximum atomic E-state index is 4.84. The van der Waals surface area contributed by atoms with Crippen LogP contribution < -0.4 is 21.3 Å². The highest BCUT2D eigenvalue weighted by atomic mass is 15.4. The van der Waals surface area contributed by atoms with Crippen LogP contribution in [0.25, 0.3) is 0 Å². The van der Waals surface area contributed by atoms with Crippen LogP contribution >= 0.6 is 0 Å². The van der Waals surface area contributed by atoms with Gasteiger partial charge in [-0.1, -0.05) is 17.7 Å². The second kappa shape index (κ2) is 6.60. The number of aliphatic imine (C=N–C) groups is 1. The minimum absolute atomic E-state index is 0.418. The van der Waals surface area contributed by atoms with E-state index in [-0.39, 0.29) is 0 Å². The first-order valence-electron chi connectivity index (χ1n) is 8.16. The van der Waals surface area contributed by atoms with Gasteiger partial charge < -0.3 is 20.9 Å². The van der Waals surface area contributed by atoms with Crippen LogP contribution in [0.2, 0.25) is 0 Å². The van der Waals surface area contributed by atoms with E-state index in [1.165, 1.54) is 5.56 Å². The number of anilines is 1. The van der Waals surface area contributed by atoms with Gasteiger partial charge in [0.1, 0.15) is 11.5 Å². The molecule has 0 bridgehead atoms. The first-order valence-corrected chi connectivity index (χ1v) is 8.16. The van der Waals surface area contributed by atoms with Gasteiger partial charge in [0.25, 0.3) is 0 Å². The number of hydrogen-bond acceptors (Lipinski definition) is 6. The summed E-state index contributed by atoms with van der Waals surface area (Å²) in [6.45, 7) is 8.07. The van der Waals surface area contributed by atoms with E-state index in [0.29, 0.717) is 0 Å². The molecule has 1 fully saturated rings. The molecule has 2 heterocycles. The molecule has 23 heavy (non-hydrogen) atoms. The summed E-state index contributed by atoms with van der Waals surface area (Å²) in [4.78, 5) is 7.13. The van der Waals surface area contributed by atoms with Crippen molar-refractivity contribution in [1.82, 2.24) is 20.9 Å². The molecule has 6 heteroatoms. The maximum absolute atomic E-state index is 4.84. The van der Waals surface area contributed by atoms with Gasteiger partial charge in [-0.15, -0.1) is 0 Å². The molecule has 0 aliphatic carbocycles. The van der Waals surface area contributed by atoms with E-state index in [0.717, 1.165) is 43.6 Å². The normalized spacial score (nSPS) is 24.6. The zero-order valence-electron chi connectivity index (χ0n) is 14.1. The van der Waals surface area contributed by atoms with Crippen molar-refractivity contribution in [1.29, 1.82) is 0 Å². The number of rotatable bonds is 3. The lowest BCUT2D eigenvalue weighted by Gasteiger charge is -2.36. The van der Waals surface area contributed by atoms with Gasteiger partial charge in [0.05, 0.1) is 0 Å². The van der Waals surface area contributed by atoms with Crippen molar-refractivity contribution in [2.24, 2.45) is 4.99 Å². The Bertz CT molecular complexity index is 600. The highest BCUT2D eigenvalue weighted by Gasteiger charge is 2.28. The maximum Gasteiger partial charge on any atom is 0.201 e. The van der Waals surface area contributed by atoms with Crippen molar-refractivity contribution < 1.29 is 0 Å². The fourth-order valence-electron chi connectivity index (χ4n) is 2.73. The largest absolute Gasteiger partial charge is 0.342 e. The molecule has 0 spiro atoms. The summed E-state index contributed by atoms with van der Waals surface area (Å²) in [5, 5.41) is 13.6. The van der Waals surface area contributed by atoms with Gasteiger partial charge in [-0.3, -0.25) is 5.32 Å². The summed E-state index contributed by atoms with van der Waals surface area (Å²) in [6.07, 6.45) is 2.08. The van der Waals surface area contributed by atoms with Gasteiger partial charge in [0.2, 0.25) is 5.96 Å². The zero-order valence-corrected chi connectivity index (χ0v) is 14.1. The first kappa shape index (κ1) is 15.8. The van der Waals surface area contributed by atoms with Crippen LogP contribution in [0.1, 0.15) is 12.5 Å². The smallest absolute Gasteiger partial charge is 0.201 e. The van der Waals surface area contributed by atoms with Gasteiger partial charge in [0, 0.05) is 31.9 Å². The molecule has 0 saturated carbocycles. The average Bonchev–Trinajstić information content (AvgIpc) is 2.57. The van der Waals surface area contributed by atoms with E-state index in [1.54, 1.807) is 0 Å². The second-order valence-corrected chi connectivity index (χ2v) is 6.24. The molecule has 124 valence electrons. The molecular formula is C17H26N6. The van der Waals surface area contributed by atoms with E-state index in [1.807, 2.05) is 7.05 Å². The van der Waals surface area contributed by atoms with Crippen molar-refractivity contribution >= 4 is 11.6 Å². The monoisotopic (exact) mass is 314 g/mol. The summed E-state index contributed by atoms with van der Waals surface area (Å²) >= 11 is 0. The minimum atomic E-state index is -0.418. The molecule has 4 N–H and O–H groups in total. The van der Waals surface area contributed by atoms with Crippen LogP contribution in [-0.4, -0.2) is 49.7 Å². The number of guanidine groups is 1. The Morgan fingerprint density at radius 3 is 2.52 bits per heavy atom. The predicted molar refractivity (Wildman–Crippen MR) is 95.4 cm³/mol. The van der Waals surface area contributed by atoms with Gasteiger partial charge in [-0.2, -0.15) is 0 Å². The predicted octanol–water partition coefficient (Wildman–Crippen LogP) is 1.05. The fraction of sp³-hybridized carbons (Fsp3) is 0.471. The number of nitrogens with one attached hydrogen (secondary N) is 4. The summed E-state index contributed by atoms with van der Waals surface area (Å²) in [5.74, 6) is 1.87. The Morgan fingerprint density at radius 1 is 1.17 bits per heavy atom. The van der Waals surface area contributed by atoms with Gasteiger partial charge in [-0.05, 0) is 39.1 Å². The lowest BCUT2D eigenvalue weighted by molar-refractivity contribution is 0.339. The average molecular weight is 314 g/mol. The van der Waals surface area contributed by atoms with Crippen LogP contribution in [0.4, 0.5) is 5.69 Å². The number of hydrogen-bond donors (Lipinski definition) is 4. The SMILES string of the molecule is CNC1(C)C=C(Nc2ccc(C)cc2)NC(N2CCNCC2)=N1. The third-order valence-corrected chi connectivity index (χ3v) is 4.26. The van der Waals surface area contributed by atoms with Crippen LogP contribution in [0.15, 0.2) is 41.2 Å². The van der Waals surface area contributed by atoms with Gasteiger partial charge in [0.15, 0.2) is 0 Å². The lowest BCUT2D eigenvalue weighted by atomic mass is 10.1. The Kier molecular flexibility index (Phi) is 4.54. The van der Waals surface area contributed by atoms with E-state index in [2.05, 4.69) is 70.4 Å². The van der Waals surface area contributed by atoms with Crippen molar-refractivity contribution in [3.05, 3.63) is 41.7 Å². The first-order chi connectivity index (χ1) is 11.1. The molecule has 0 aromatic heterocycles. The fourth-order valence-corrected chi connectivity index (χ4v) is 2.73. The van der Waals surface area contributed by atoms with E-state index in [4.69, 9.17) is 4.99 Å². The highest BCUT2D eigenvalue weighted by molar-refractivity contribution is 5.84. The summed E-state index contributed by atoms with van der Waals surface area (Å²) in [6, 6.07) is 8.39. The number of nitrogens with zero attached hydrogens (tertiary/aromatic N) is 2. The molecule has 1 aromatic carbocycles. The topological polar surface area (TPSA) is 63.7 Å². The molecule has 0 radical (unpaired) electrons. The summed E-state index contributed by atoms with van der Waals surface area (Å²) in [5.41, 5.74) is 1.90. The van der Waals surface area contributed by atoms with Crippen molar-refractivity contribution in [2.75, 3.05) is 38.5 Å². The Hall–Kier alpha value is -2.05. The Morgan fingerprint density at radius 2 is 1.87 bits per heavy atom. The number of benzene rings is 1. The van der Waals surface area contributed by atoms with Crippen molar-refractivity contribution in [3.8, 4) is 0 Å². The van der Waals surface area contributed by atoms with Gasteiger partial charge >= 0.3 is 0 Å². The van der Waals surface area contributed by atoms with E-state index < -0.39 is 5.66 Å². The molecule has 2 aliphatic rings. The number of piperazine rings is 1. The molecule has 0 amide bonds. The zero-order chi connectivity index (χ0) is 16.3. The molecule has 1 aromatic rings. The molecule has 1 atom stereocenters. The lowest BCUT2D eigenvalue weighted by Crippen LogP contribution is -2.55. The van der Waals surface area contributed by atoms with Crippen molar-refractivity contribution in [2.45, 2.75) is 19.5 Å². The van der Waals surface area contributed by atoms with E-state index >= 15 is 0 Å². The summed E-state index contributed by atoms with van der Waals surface area (Å²) < 4.78 is 0. The van der Waals surface area contributed by atoms with Crippen LogP contribution in [0, 0.1) is 6.92 Å². The molecule has 3 rings (SSSR count). The molecule has 1 saturated heterocycles. The van der Waals surface area contributed by atoms with E-state index in [9.17, 15) is 0 Å². The highest BCUT2D eigenvalue weighted by Crippen LogP contribution is 2.18. The second-order valence-electron chi connectivity index (χ2n) is 6.24. The van der Waals surface area contributed by atoms with Crippen LogP contribution in [-0.2, 0) is 0 Å². The third kappa shape index (κ3) is 3.83. The number of aryl methyl sites for hydroxylation is 1. The minimum Gasteiger partial charge on any atom is -0.342 e. The van der Waals surface area contributed by atoms with Crippen molar-refractivity contribution in [3.63, 3.8) is 0 Å². The summed E-state index contributed by atoms with van der Waals surface area (Å²) in [7, 11) is 1.93. The molecule has 2 aliphatic heterocycles. The Labute approximate surface area is 138 Å². The van der Waals surface area contributed by atoms with Crippen LogP contribution in [0.3, 0.4) is 0 Å². The molecule has 1 unspecified atom stereocenters. The molecular weight excluding hydrogens is 288 g/mol.